The van der Waals surface area contributed by atoms with E-state index in [0.717, 1.165) is 38.3 Å². The summed E-state index contributed by atoms with van der Waals surface area (Å²) in [5, 5.41) is 38.2. The van der Waals surface area contributed by atoms with Gasteiger partial charge in [0.25, 0.3) is 0 Å². The number of aryl methyl sites for hydroxylation is 1. The fourth-order valence-corrected chi connectivity index (χ4v) is 7.85. The molecule has 1 fully saturated rings. The predicted molar refractivity (Wildman–Crippen MR) is 183 cm³/mol. The molecule has 4 aromatic carbocycles. The molecule has 2 aliphatic rings. The Morgan fingerprint density at radius 1 is 0.816 bits per heavy atom. The number of fused-ring (bicyclic) bond motifs is 1. The normalized spacial score (nSPS) is 22.3. The zero-order valence-electron chi connectivity index (χ0n) is 27.2. The molecule has 2 unspecified atom stereocenters. The minimum Gasteiger partial charge on any atom is -0.493 e. The lowest BCUT2D eigenvalue weighted by atomic mass is 9.63. The molecule has 49 heavy (non-hydrogen) atoms. The van der Waals surface area contributed by atoms with Gasteiger partial charge >= 0.3 is 6.18 Å². The zero-order chi connectivity index (χ0) is 34.5. The Labute approximate surface area is 283 Å². The molecule has 0 amide bonds. The molecule has 1 aromatic heterocycles. The summed E-state index contributed by atoms with van der Waals surface area (Å²) >= 11 is 0. The molecular weight excluding hydrogens is 627 g/mol. The van der Waals surface area contributed by atoms with E-state index in [1.807, 2.05) is 49.4 Å². The number of aromatic nitrogens is 2. The Kier molecular flexibility index (Phi) is 8.37. The van der Waals surface area contributed by atoms with Gasteiger partial charge in [-0.2, -0.15) is 18.3 Å². The van der Waals surface area contributed by atoms with Crippen LogP contribution in [0.15, 0.2) is 121 Å². The van der Waals surface area contributed by atoms with Crippen molar-refractivity contribution in [1.29, 1.82) is 0 Å². The van der Waals surface area contributed by atoms with Crippen LogP contribution in [0.4, 0.5) is 18.9 Å². The third-order valence-corrected chi connectivity index (χ3v) is 10.1. The number of aromatic hydroxyl groups is 1. The van der Waals surface area contributed by atoms with Crippen LogP contribution < -0.4 is 4.90 Å². The second kappa shape index (κ2) is 12.5. The van der Waals surface area contributed by atoms with E-state index in [2.05, 4.69) is 59.4 Å². The van der Waals surface area contributed by atoms with Gasteiger partial charge < -0.3 is 20.2 Å². The van der Waals surface area contributed by atoms with E-state index in [4.69, 9.17) is 0 Å². The van der Waals surface area contributed by atoms with Crippen LogP contribution in [0.5, 0.6) is 5.88 Å². The van der Waals surface area contributed by atoms with E-state index in [1.165, 1.54) is 12.1 Å². The molecule has 2 heterocycles. The molecule has 252 valence electrons. The Morgan fingerprint density at radius 2 is 1.37 bits per heavy atom. The van der Waals surface area contributed by atoms with Gasteiger partial charge in [-0.1, -0.05) is 103 Å². The standard InChI is InChI=1S/C40H38F3N3O3/c1-3-45-31-20-19-25(2)21-30(31)39(23-26-13-7-4-8-14-26,24-27-15-9-5-10-16-27)32(45)22-29-35(47)33(36(29)48)34-37(40(41,42)43)44-46(38(34)49)28-17-11-6-12-18-28/h4-22,29,33,35-36,47-49H,3,23-24H2,1-2H3. The number of aliphatic hydroxyl groups is 2. The highest BCUT2D eigenvalue weighted by molar-refractivity contribution is 5.73. The molecule has 1 aliphatic carbocycles. The summed E-state index contributed by atoms with van der Waals surface area (Å²) in [6.07, 6.45) is -4.67. The van der Waals surface area contributed by atoms with Gasteiger partial charge in [0, 0.05) is 35.2 Å². The van der Waals surface area contributed by atoms with Gasteiger partial charge in [-0.05, 0) is 61.6 Å². The monoisotopic (exact) mass is 665 g/mol. The first-order valence-electron chi connectivity index (χ1n) is 16.5. The van der Waals surface area contributed by atoms with E-state index in [-0.39, 0.29) is 5.69 Å². The molecule has 3 N–H and O–H groups in total. The van der Waals surface area contributed by atoms with Crippen molar-refractivity contribution in [2.75, 3.05) is 11.4 Å². The number of allylic oxidation sites excluding steroid dienone is 1. The minimum atomic E-state index is -4.93. The number of rotatable bonds is 8. The maximum absolute atomic E-state index is 14.4. The lowest BCUT2D eigenvalue weighted by molar-refractivity contribution is -0.145. The zero-order valence-corrected chi connectivity index (χ0v) is 27.2. The summed E-state index contributed by atoms with van der Waals surface area (Å²) < 4.78 is 44.0. The summed E-state index contributed by atoms with van der Waals surface area (Å²) in [4.78, 5) is 2.19. The summed E-state index contributed by atoms with van der Waals surface area (Å²) in [6, 6.07) is 34.7. The number of anilines is 1. The molecule has 6 nitrogen and oxygen atoms in total. The third-order valence-electron chi connectivity index (χ3n) is 10.1. The maximum Gasteiger partial charge on any atom is 0.435 e. The van der Waals surface area contributed by atoms with Crippen molar-refractivity contribution >= 4 is 5.69 Å². The fourth-order valence-electron chi connectivity index (χ4n) is 7.85. The molecule has 0 spiro atoms. The SMILES string of the molecule is CCN1C(=CC2C(O)C(c3c(C(F)(F)F)nn(-c4ccccc4)c3O)C2O)C(Cc2ccccc2)(Cc2ccccc2)c2cc(C)ccc21. The molecule has 9 heteroatoms. The summed E-state index contributed by atoms with van der Waals surface area (Å²) in [6.45, 7) is 4.69. The number of benzene rings is 4. The third kappa shape index (κ3) is 5.60. The number of likely N-dealkylation sites (N-methyl/N-ethyl adjacent to an activating group) is 1. The van der Waals surface area contributed by atoms with Gasteiger partial charge in [0.1, 0.15) is 0 Å². The highest BCUT2D eigenvalue weighted by Crippen LogP contribution is 2.55. The largest absolute Gasteiger partial charge is 0.493 e. The van der Waals surface area contributed by atoms with Crippen molar-refractivity contribution in [1.82, 2.24) is 9.78 Å². The van der Waals surface area contributed by atoms with Gasteiger partial charge in [0.2, 0.25) is 5.88 Å². The highest BCUT2D eigenvalue weighted by Gasteiger charge is 2.56. The number of halogens is 3. The van der Waals surface area contributed by atoms with Crippen LogP contribution in [0.3, 0.4) is 0 Å². The Morgan fingerprint density at radius 3 is 1.90 bits per heavy atom. The molecule has 5 aromatic rings. The van der Waals surface area contributed by atoms with Crippen LogP contribution in [0.1, 0.15) is 46.4 Å². The maximum atomic E-state index is 14.4. The van der Waals surface area contributed by atoms with Crippen LogP contribution in [0, 0.1) is 12.8 Å². The first kappa shape index (κ1) is 32.7. The van der Waals surface area contributed by atoms with E-state index >= 15 is 0 Å². The van der Waals surface area contributed by atoms with Gasteiger partial charge in [-0.15, -0.1) is 0 Å². The van der Waals surface area contributed by atoms with Crippen molar-refractivity contribution in [2.24, 2.45) is 5.92 Å². The average molecular weight is 666 g/mol. The molecule has 2 atom stereocenters. The first-order chi connectivity index (χ1) is 23.5. The summed E-state index contributed by atoms with van der Waals surface area (Å²) in [5.41, 5.74) is 3.99. The van der Waals surface area contributed by atoms with Gasteiger partial charge in [-0.25, -0.2) is 4.68 Å². The van der Waals surface area contributed by atoms with Crippen LogP contribution >= 0.6 is 0 Å². The van der Waals surface area contributed by atoms with Crippen molar-refractivity contribution < 1.29 is 28.5 Å². The highest BCUT2D eigenvalue weighted by atomic mass is 19.4. The van der Waals surface area contributed by atoms with Gasteiger partial charge in [0.05, 0.1) is 23.5 Å². The van der Waals surface area contributed by atoms with Crippen molar-refractivity contribution in [3.8, 4) is 11.6 Å². The van der Waals surface area contributed by atoms with Crippen molar-refractivity contribution in [3.63, 3.8) is 0 Å². The van der Waals surface area contributed by atoms with E-state index in [0.29, 0.717) is 19.4 Å². The Hall–Kier alpha value is -4.86. The molecule has 0 saturated heterocycles. The van der Waals surface area contributed by atoms with Gasteiger partial charge in [-0.3, -0.25) is 0 Å². The quantitative estimate of drug-likeness (QED) is 0.160. The van der Waals surface area contributed by atoms with Crippen LogP contribution in [0.25, 0.3) is 5.69 Å². The number of hydrogen-bond donors (Lipinski definition) is 3. The number of para-hydroxylation sites is 1. The van der Waals surface area contributed by atoms with E-state index in [9.17, 15) is 28.5 Å². The van der Waals surface area contributed by atoms with Crippen LogP contribution in [0.2, 0.25) is 0 Å². The van der Waals surface area contributed by atoms with Crippen molar-refractivity contribution in [2.45, 2.75) is 56.4 Å². The number of hydrogen-bond acceptors (Lipinski definition) is 5. The number of alkyl halides is 3. The number of aliphatic hydroxyl groups excluding tert-OH is 2. The van der Waals surface area contributed by atoms with Crippen LogP contribution in [-0.2, 0) is 24.4 Å². The van der Waals surface area contributed by atoms with E-state index < -0.39 is 52.8 Å². The molecule has 1 aliphatic heterocycles. The average Bonchev–Trinajstić information content (AvgIpc) is 3.56. The molecule has 1 saturated carbocycles. The lowest BCUT2D eigenvalue weighted by Crippen LogP contribution is -2.54. The first-order valence-corrected chi connectivity index (χ1v) is 16.5. The fraction of sp³-hybridized carbons (Fsp3) is 0.275. The summed E-state index contributed by atoms with van der Waals surface area (Å²) in [5.74, 6) is -3.07. The topological polar surface area (TPSA) is 81.8 Å². The molecule has 0 radical (unpaired) electrons. The van der Waals surface area contributed by atoms with Crippen molar-refractivity contribution in [3.05, 3.63) is 154 Å². The second-order valence-corrected chi connectivity index (χ2v) is 13.1. The minimum absolute atomic E-state index is 0.225. The smallest absolute Gasteiger partial charge is 0.435 e. The van der Waals surface area contributed by atoms with Gasteiger partial charge in [0.15, 0.2) is 5.69 Å². The van der Waals surface area contributed by atoms with Crippen LogP contribution in [-0.4, -0.2) is 43.9 Å². The second-order valence-electron chi connectivity index (χ2n) is 13.1. The lowest BCUT2D eigenvalue weighted by Gasteiger charge is -2.46. The predicted octanol–water partition coefficient (Wildman–Crippen LogP) is 7.49. The Bertz CT molecular complexity index is 1920. The molecule has 0 bridgehead atoms. The summed E-state index contributed by atoms with van der Waals surface area (Å²) in [7, 11) is 0. The molecular formula is C40H38F3N3O3. The Balaban J connectivity index is 1.36. The number of nitrogens with zero attached hydrogens (tertiary/aromatic N) is 3. The van der Waals surface area contributed by atoms with E-state index in [1.54, 1.807) is 18.2 Å². The molecule has 7 rings (SSSR count).